The van der Waals surface area contributed by atoms with Crippen molar-refractivity contribution in [3.05, 3.63) is 36.5 Å². The highest BCUT2D eigenvalue weighted by Crippen LogP contribution is 2.01. The van der Waals surface area contributed by atoms with Gasteiger partial charge in [0.2, 0.25) is 0 Å². The van der Waals surface area contributed by atoms with Crippen LogP contribution in [0.1, 0.15) is 5.69 Å². The van der Waals surface area contributed by atoms with E-state index in [9.17, 15) is 0 Å². The van der Waals surface area contributed by atoms with Gasteiger partial charge in [0, 0.05) is 12.4 Å². The Hall–Kier alpha value is -1.71. The van der Waals surface area contributed by atoms with E-state index >= 15 is 0 Å². The minimum atomic E-state index is 0.790. The van der Waals surface area contributed by atoms with Crippen LogP contribution in [0, 0.1) is 6.92 Å². The van der Waals surface area contributed by atoms with Crippen molar-refractivity contribution in [3.63, 3.8) is 0 Å². The van der Waals surface area contributed by atoms with Gasteiger partial charge >= 0.3 is 0 Å². The fourth-order valence-corrected chi connectivity index (χ4v) is 0.978. The Labute approximate surface area is 69.9 Å². The lowest BCUT2D eigenvalue weighted by atomic mass is 10.5. The topological polar surface area (TPSA) is 43.6 Å². The van der Waals surface area contributed by atoms with Crippen molar-refractivity contribution in [2.45, 2.75) is 6.92 Å². The SMILES string of the molecule is Cc1cn(-c2cccnn2)cn1. The van der Waals surface area contributed by atoms with Gasteiger partial charge in [0.25, 0.3) is 0 Å². The molecule has 60 valence electrons. The molecule has 12 heavy (non-hydrogen) atoms. The molecular weight excluding hydrogens is 152 g/mol. The zero-order chi connectivity index (χ0) is 8.39. The van der Waals surface area contributed by atoms with Crippen LogP contribution >= 0.6 is 0 Å². The molecule has 0 aromatic carbocycles. The second-order valence-corrected chi connectivity index (χ2v) is 2.50. The first kappa shape index (κ1) is 6.97. The summed E-state index contributed by atoms with van der Waals surface area (Å²) in [4.78, 5) is 4.09. The van der Waals surface area contributed by atoms with E-state index in [-0.39, 0.29) is 0 Å². The molecule has 0 unspecified atom stereocenters. The fraction of sp³-hybridized carbons (Fsp3) is 0.125. The zero-order valence-corrected chi connectivity index (χ0v) is 6.68. The summed E-state index contributed by atoms with van der Waals surface area (Å²) in [7, 11) is 0. The number of imidazole rings is 1. The highest BCUT2D eigenvalue weighted by molar-refractivity contribution is 5.19. The van der Waals surface area contributed by atoms with Gasteiger partial charge in [0.05, 0.1) is 5.69 Å². The molecule has 0 N–H and O–H groups in total. The van der Waals surface area contributed by atoms with E-state index in [4.69, 9.17) is 0 Å². The summed E-state index contributed by atoms with van der Waals surface area (Å²) in [5.74, 6) is 0.790. The van der Waals surface area contributed by atoms with Gasteiger partial charge in [-0.2, -0.15) is 5.10 Å². The van der Waals surface area contributed by atoms with Crippen LogP contribution < -0.4 is 0 Å². The van der Waals surface area contributed by atoms with Gasteiger partial charge in [0.1, 0.15) is 6.33 Å². The van der Waals surface area contributed by atoms with Crippen LogP contribution in [0.2, 0.25) is 0 Å². The molecule has 0 aliphatic heterocycles. The summed E-state index contributed by atoms with van der Waals surface area (Å²) in [5.41, 5.74) is 0.973. The standard InChI is InChI=1S/C8H8N4/c1-7-5-12(6-9-7)8-3-2-4-10-11-8/h2-6H,1H3. The van der Waals surface area contributed by atoms with E-state index < -0.39 is 0 Å². The molecule has 2 rings (SSSR count). The Balaban J connectivity index is 2.45. The van der Waals surface area contributed by atoms with Crippen molar-refractivity contribution < 1.29 is 0 Å². The summed E-state index contributed by atoms with van der Waals surface area (Å²) in [6.07, 6.45) is 5.27. The van der Waals surface area contributed by atoms with Gasteiger partial charge < -0.3 is 0 Å². The molecule has 0 radical (unpaired) electrons. The number of hydrogen-bond donors (Lipinski definition) is 0. The van der Waals surface area contributed by atoms with Crippen LogP contribution in [0.3, 0.4) is 0 Å². The van der Waals surface area contributed by atoms with Crippen LogP contribution in [0.15, 0.2) is 30.9 Å². The minimum Gasteiger partial charge on any atom is -0.289 e. The Bertz CT molecular complexity index is 366. The molecule has 4 nitrogen and oxygen atoms in total. The predicted octanol–water partition coefficient (Wildman–Crippen LogP) is 0.971. The van der Waals surface area contributed by atoms with Gasteiger partial charge in [-0.05, 0) is 19.1 Å². The zero-order valence-electron chi connectivity index (χ0n) is 6.68. The third-order valence-corrected chi connectivity index (χ3v) is 1.53. The fourth-order valence-electron chi connectivity index (χ4n) is 0.978. The molecule has 0 atom stereocenters. The van der Waals surface area contributed by atoms with Crippen molar-refractivity contribution >= 4 is 0 Å². The van der Waals surface area contributed by atoms with Gasteiger partial charge in [-0.3, -0.25) is 4.57 Å². The molecule has 4 heteroatoms. The molecule has 2 aromatic heterocycles. The van der Waals surface area contributed by atoms with Crippen molar-refractivity contribution in [1.29, 1.82) is 0 Å². The van der Waals surface area contributed by atoms with Gasteiger partial charge in [-0.25, -0.2) is 4.98 Å². The Morgan fingerprint density at radius 3 is 2.92 bits per heavy atom. The third-order valence-electron chi connectivity index (χ3n) is 1.53. The van der Waals surface area contributed by atoms with Crippen LogP contribution in [-0.2, 0) is 0 Å². The molecule has 0 spiro atoms. The van der Waals surface area contributed by atoms with Crippen molar-refractivity contribution in [2.75, 3.05) is 0 Å². The number of hydrogen-bond acceptors (Lipinski definition) is 3. The number of rotatable bonds is 1. The maximum atomic E-state index is 4.09. The summed E-state index contributed by atoms with van der Waals surface area (Å²) < 4.78 is 1.84. The average molecular weight is 160 g/mol. The highest BCUT2D eigenvalue weighted by Gasteiger charge is 1.96. The molecule has 0 fully saturated rings. The van der Waals surface area contributed by atoms with E-state index in [1.807, 2.05) is 29.8 Å². The summed E-state index contributed by atoms with van der Waals surface area (Å²) >= 11 is 0. The largest absolute Gasteiger partial charge is 0.289 e. The predicted molar refractivity (Wildman–Crippen MR) is 43.9 cm³/mol. The molecule has 0 saturated carbocycles. The summed E-state index contributed by atoms with van der Waals surface area (Å²) in [6, 6.07) is 3.73. The van der Waals surface area contributed by atoms with E-state index in [1.54, 1.807) is 12.5 Å². The maximum absolute atomic E-state index is 4.09. The highest BCUT2D eigenvalue weighted by atomic mass is 15.2. The molecule has 0 saturated heterocycles. The number of aromatic nitrogens is 4. The van der Waals surface area contributed by atoms with E-state index in [0.717, 1.165) is 11.5 Å². The molecule has 2 heterocycles. The lowest BCUT2D eigenvalue weighted by Gasteiger charge is -1.96. The van der Waals surface area contributed by atoms with Crippen molar-refractivity contribution in [1.82, 2.24) is 19.7 Å². The molecular formula is C8H8N4. The Morgan fingerprint density at radius 2 is 2.33 bits per heavy atom. The smallest absolute Gasteiger partial charge is 0.160 e. The second-order valence-electron chi connectivity index (χ2n) is 2.50. The van der Waals surface area contributed by atoms with Gasteiger partial charge in [0.15, 0.2) is 5.82 Å². The molecule has 0 amide bonds. The lowest BCUT2D eigenvalue weighted by Crippen LogP contribution is -1.94. The van der Waals surface area contributed by atoms with Crippen LogP contribution in [0.25, 0.3) is 5.82 Å². The van der Waals surface area contributed by atoms with E-state index in [0.29, 0.717) is 0 Å². The van der Waals surface area contributed by atoms with Crippen LogP contribution in [0.5, 0.6) is 0 Å². The van der Waals surface area contributed by atoms with Crippen LogP contribution in [-0.4, -0.2) is 19.7 Å². The Morgan fingerprint density at radius 1 is 1.42 bits per heavy atom. The first-order valence-electron chi connectivity index (χ1n) is 3.65. The Kier molecular flexibility index (Phi) is 1.59. The lowest BCUT2D eigenvalue weighted by molar-refractivity contribution is 0.912. The molecule has 0 aliphatic rings. The summed E-state index contributed by atoms with van der Waals surface area (Å²) in [5, 5.41) is 7.71. The molecule has 0 bridgehead atoms. The molecule has 2 aromatic rings. The van der Waals surface area contributed by atoms with Crippen LogP contribution in [0.4, 0.5) is 0 Å². The minimum absolute atomic E-state index is 0.790. The number of aryl methyl sites for hydroxylation is 1. The van der Waals surface area contributed by atoms with E-state index in [1.165, 1.54) is 0 Å². The second kappa shape index (κ2) is 2.73. The van der Waals surface area contributed by atoms with Gasteiger partial charge in [-0.15, -0.1) is 5.10 Å². The summed E-state index contributed by atoms with van der Waals surface area (Å²) in [6.45, 7) is 1.94. The van der Waals surface area contributed by atoms with E-state index in [2.05, 4.69) is 15.2 Å². The first-order chi connectivity index (χ1) is 5.86. The molecule has 0 aliphatic carbocycles. The maximum Gasteiger partial charge on any atom is 0.160 e. The number of nitrogens with zero attached hydrogens (tertiary/aromatic N) is 4. The average Bonchev–Trinajstić information content (AvgIpc) is 2.54. The third kappa shape index (κ3) is 1.18. The normalized spacial score (nSPS) is 10.1. The van der Waals surface area contributed by atoms with Crippen molar-refractivity contribution in [3.8, 4) is 5.82 Å². The monoisotopic (exact) mass is 160 g/mol. The van der Waals surface area contributed by atoms with Gasteiger partial charge in [-0.1, -0.05) is 0 Å². The van der Waals surface area contributed by atoms with Crippen molar-refractivity contribution in [2.24, 2.45) is 0 Å². The first-order valence-corrected chi connectivity index (χ1v) is 3.65. The quantitative estimate of drug-likeness (QED) is 0.624.